The maximum Gasteiger partial charge on any atom is 0.301 e. The Morgan fingerprint density at radius 2 is 1.93 bits per heavy atom. The Balaban J connectivity index is 1.79. The summed E-state index contributed by atoms with van der Waals surface area (Å²) in [4.78, 5) is 12.6. The molecule has 4 N–H and O–H groups in total. The molecule has 7 nitrogen and oxygen atoms in total. The van der Waals surface area contributed by atoms with E-state index >= 15 is 0 Å². The minimum absolute atomic E-state index is 0.288. The SMILES string of the molecule is CCNS(=O)(=O)N1CCCc2c(NC(=O)[C@@H](N)Cc3ccccc3)cccc21. The third-order valence-electron chi connectivity index (χ3n) is 4.72. The molecule has 28 heavy (non-hydrogen) atoms. The van der Waals surface area contributed by atoms with E-state index in [-0.39, 0.29) is 5.91 Å². The van der Waals surface area contributed by atoms with Gasteiger partial charge in [0.15, 0.2) is 0 Å². The Bertz CT molecular complexity index is 932. The fourth-order valence-corrected chi connectivity index (χ4v) is 4.72. The Hall–Kier alpha value is -2.42. The third kappa shape index (κ3) is 4.52. The molecule has 1 atom stereocenters. The van der Waals surface area contributed by atoms with Crippen molar-refractivity contribution in [1.29, 1.82) is 0 Å². The molecule has 0 saturated heterocycles. The first-order valence-corrected chi connectivity index (χ1v) is 10.9. The second-order valence-electron chi connectivity index (χ2n) is 6.77. The molecule has 0 spiro atoms. The van der Waals surface area contributed by atoms with E-state index in [9.17, 15) is 13.2 Å². The van der Waals surface area contributed by atoms with Crippen LogP contribution >= 0.6 is 0 Å². The second-order valence-corrected chi connectivity index (χ2v) is 8.45. The third-order valence-corrected chi connectivity index (χ3v) is 6.33. The number of carbonyl (C=O) groups excluding carboxylic acids is 1. The lowest BCUT2D eigenvalue weighted by molar-refractivity contribution is -0.117. The van der Waals surface area contributed by atoms with Gasteiger partial charge in [-0.05, 0) is 37.0 Å². The molecule has 1 aliphatic heterocycles. The van der Waals surface area contributed by atoms with E-state index in [1.165, 1.54) is 4.31 Å². The monoisotopic (exact) mass is 402 g/mol. The van der Waals surface area contributed by atoms with E-state index in [0.29, 0.717) is 43.7 Å². The summed E-state index contributed by atoms with van der Waals surface area (Å²) in [6.45, 7) is 2.47. The quantitative estimate of drug-likeness (QED) is 0.657. The number of rotatable bonds is 7. The van der Waals surface area contributed by atoms with Crippen LogP contribution in [0.1, 0.15) is 24.5 Å². The summed E-state index contributed by atoms with van der Waals surface area (Å²) in [5.74, 6) is -0.288. The van der Waals surface area contributed by atoms with Crippen LogP contribution in [-0.4, -0.2) is 33.5 Å². The Morgan fingerprint density at radius 1 is 1.18 bits per heavy atom. The van der Waals surface area contributed by atoms with Crippen molar-refractivity contribution in [3.8, 4) is 0 Å². The van der Waals surface area contributed by atoms with Crippen LogP contribution in [0.3, 0.4) is 0 Å². The van der Waals surface area contributed by atoms with E-state index in [4.69, 9.17) is 5.73 Å². The maximum absolute atomic E-state index is 12.6. The summed E-state index contributed by atoms with van der Waals surface area (Å²) in [6, 6.07) is 14.2. The molecule has 0 unspecified atom stereocenters. The Kier molecular flexibility index (Phi) is 6.33. The Morgan fingerprint density at radius 3 is 2.64 bits per heavy atom. The number of fused-ring (bicyclic) bond motifs is 1. The van der Waals surface area contributed by atoms with Crippen molar-refractivity contribution >= 4 is 27.5 Å². The predicted molar refractivity (Wildman–Crippen MR) is 111 cm³/mol. The van der Waals surface area contributed by atoms with Crippen molar-refractivity contribution in [2.45, 2.75) is 32.2 Å². The van der Waals surface area contributed by atoms with Gasteiger partial charge in [-0.15, -0.1) is 0 Å². The van der Waals surface area contributed by atoms with Crippen LogP contribution in [0.4, 0.5) is 11.4 Å². The summed E-state index contributed by atoms with van der Waals surface area (Å²) in [5.41, 5.74) is 9.10. The molecular weight excluding hydrogens is 376 g/mol. The molecule has 0 radical (unpaired) electrons. The van der Waals surface area contributed by atoms with Gasteiger partial charge in [0.25, 0.3) is 0 Å². The van der Waals surface area contributed by atoms with E-state index in [0.717, 1.165) is 11.1 Å². The number of anilines is 2. The maximum atomic E-state index is 12.6. The van der Waals surface area contributed by atoms with E-state index in [1.54, 1.807) is 25.1 Å². The second kappa shape index (κ2) is 8.72. The number of nitrogens with one attached hydrogen (secondary N) is 2. The van der Waals surface area contributed by atoms with Crippen LogP contribution < -0.4 is 20.1 Å². The van der Waals surface area contributed by atoms with Crippen molar-refractivity contribution in [1.82, 2.24) is 4.72 Å². The fourth-order valence-electron chi connectivity index (χ4n) is 3.40. The predicted octanol–water partition coefficient (Wildman–Crippen LogP) is 1.80. The zero-order valence-electron chi connectivity index (χ0n) is 15.9. The van der Waals surface area contributed by atoms with E-state index in [1.807, 2.05) is 30.3 Å². The molecule has 2 aromatic carbocycles. The number of benzene rings is 2. The lowest BCUT2D eigenvalue weighted by Gasteiger charge is -2.31. The van der Waals surface area contributed by atoms with E-state index < -0.39 is 16.3 Å². The molecule has 1 amide bonds. The molecule has 3 rings (SSSR count). The number of hydrogen-bond acceptors (Lipinski definition) is 4. The summed E-state index contributed by atoms with van der Waals surface area (Å²) in [5, 5.41) is 2.89. The molecule has 0 bridgehead atoms. The van der Waals surface area contributed by atoms with Crippen LogP contribution in [0.25, 0.3) is 0 Å². The minimum atomic E-state index is -3.60. The molecule has 1 heterocycles. The number of hydrogen-bond donors (Lipinski definition) is 3. The summed E-state index contributed by atoms with van der Waals surface area (Å²) in [7, 11) is -3.60. The van der Waals surface area contributed by atoms with Gasteiger partial charge in [-0.25, -0.2) is 0 Å². The average molecular weight is 403 g/mol. The molecule has 2 aromatic rings. The highest BCUT2D eigenvalue weighted by Gasteiger charge is 2.28. The first-order valence-electron chi connectivity index (χ1n) is 9.42. The highest BCUT2D eigenvalue weighted by atomic mass is 32.2. The zero-order chi connectivity index (χ0) is 20.1. The number of nitrogens with two attached hydrogens (primary N) is 1. The topological polar surface area (TPSA) is 105 Å². The normalized spacial score (nSPS) is 15.0. The van der Waals surface area contributed by atoms with Crippen molar-refractivity contribution in [2.75, 3.05) is 22.7 Å². The van der Waals surface area contributed by atoms with Gasteiger partial charge in [0, 0.05) is 24.3 Å². The Labute approximate surface area is 166 Å². The molecule has 0 aromatic heterocycles. The van der Waals surface area contributed by atoms with Crippen LogP contribution in [0.15, 0.2) is 48.5 Å². The fraction of sp³-hybridized carbons (Fsp3) is 0.350. The molecule has 0 fully saturated rings. The summed E-state index contributed by atoms with van der Waals surface area (Å²) in [6.07, 6.45) is 1.81. The van der Waals surface area contributed by atoms with Gasteiger partial charge in [0.05, 0.1) is 11.7 Å². The van der Waals surface area contributed by atoms with Crippen LogP contribution in [0.2, 0.25) is 0 Å². The molecule has 8 heteroatoms. The molecule has 1 aliphatic rings. The molecule has 0 saturated carbocycles. The molecule has 150 valence electrons. The van der Waals surface area contributed by atoms with Crippen LogP contribution in [0, 0.1) is 0 Å². The van der Waals surface area contributed by atoms with Crippen molar-refractivity contribution < 1.29 is 13.2 Å². The van der Waals surface area contributed by atoms with Crippen molar-refractivity contribution in [3.63, 3.8) is 0 Å². The molecule has 0 aliphatic carbocycles. The van der Waals surface area contributed by atoms with Crippen LogP contribution in [-0.2, 0) is 27.8 Å². The van der Waals surface area contributed by atoms with Crippen LogP contribution in [0.5, 0.6) is 0 Å². The van der Waals surface area contributed by atoms with Crippen molar-refractivity contribution in [2.24, 2.45) is 5.73 Å². The lowest BCUT2D eigenvalue weighted by Crippen LogP contribution is -2.43. The lowest BCUT2D eigenvalue weighted by atomic mass is 10.0. The standard InChI is InChI=1S/C20H26N4O3S/c1-2-22-28(26,27)24-13-7-10-16-18(11-6-12-19(16)24)23-20(25)17(21)14-15-8-4-3-5-9-15/h3-6,8-9,11-12,17,22H,2,7,10,13-14,21H2,1H3,(H,23,25)/t17-/m0/s1. The van der Waals surface area contributed by atoms with Gasteiger partial charge < -0.3 is 11.1 Å². The zero-order valence-corrected chi connectivity index (χ0v) is 16.7. The number of carbonyl (C=O) groups is 1. The van der Waals surface area contributed by atoms with Gasteiger partial charge in [-0.1, -0.05) is 43.3 Å². The molecular formula is C20H26N4O3S. The first kappa shape index (κ1) is 20.3. The number of amides is 1. The van der Waals surface area contributed by atoms with Gasteiger partial charge in [-0.2, -0.15) is 13.1 Å². The van der Waals surface area contributed by atoms with Gasteiger partial charge in [0.2, 0.25) is 5.91 Å². The number of nitrogens with zero attached hydrogens (tertiary/aromatic N) is 1. The summed E-state index contributed by atoms with van der Waals surface area (Å²) < 4.78 is 28.9. The summed E-state index contributed by atoms with van der Waals surface area (Å²) >= 11 is 0. The van der Waals surface area contributed by atoms with Crippen molar-refractivity contribution in [3.05, 3.63) is 59.7 Å². The highest BCUT2D eigenvalue weighted by Crippen LogP contribution is 2.34. The van der Waals surface area contributed by atoms with E-state index in [2.05, 4.69) is 10.0 Å². The minimum Gasteiger partial charge on any atom is -0.324 e. The largest absolute Gasteiger partial charge is 0.324 e. The van der Waals surface area contributed by atoms with Gasteiger partial charge in [-0.3, -0.25) is 9.10 Å². The van der Waals surface area contributed by atoms with Gasteiger partial charge in [0.1, 0.15) is 0 Å². The highest BCUT2D eigenvalue weighted by molar-refractivity contribution is 7.90. The van der Waals surface area contributed by atoms with Gasteiger partial charge >= 0.3 is 10.2 Å². The smallest absolute Gasteiger partial charge is 0.301 e. The first-order chi connectivity index (χ1) is 13.4. The average Bonchev–Trinajstić information content (AvgIpc) is 2.68.